The van der Waals surface area contributed by atoms with Gasteiger partial charge in [-0.2, -0.15) is 0 Å². The van der Waals surface area contributed by atoms with Gasteiger partial charge in [0.15, 0.2) is 11.6 Å². The molecule has 1 aromatic carbocycles. The van der Waals surface area contributed by atoms with E-state index in [-0.39, 0.29) is 18.1 Å². The summed E-state index contributed by atoms with van der Waals surface area (Å²) in [5.41, 5.74) is -0.520. The molecule has 98 valence electrons. The Kier molecular flexibility index (Phi) is 3.32. The van der Waals surface area contributed by atoms with E-state index in [0.717, 1.165) is 12.1 Å². The minimum absolute atomic E-state index is 0.120. The van der Waals surface area contributed by atoms with E-state index in [9.17, 15) is 18.7 Å². The normalized spacial score (nSPS) is 18.2. The summed E-state index contributed by atoms with van der Waals surface area (Å²) in [4.78, 5) is 13.3. The molecule has 1 aliphatic heterocycles. The molecule has 1 heterocycles. The van der Waals surface area contributed by atoms with E-state index in [2.05, 4.69) is 5.32 Å². The Bertz CT molecular complexity index is 469. The molecule has 2 rings (SSSR count). The molecule has 0 aliphatic carbocycles. The van der Waals surface area contributed by atoms with Gasteiger partial charge in [-0.25, -0.2) is 8.78 Å². The fraction of sp³-hybridized carbons (Fsp3) is 0.417. The molecule has 0 saturated carbocycles. The first-order valence-electron chi connectivity index (χ1n) is 5.55. The fourth-order valence-corrected chi connectivity index (χ4v) is 2.01. The molecule has 0 unspecified atom stereocenters. The van der Waals surface area contributed by atoms with Crippen molar-refractivity contribution in [2.75, 3.05) is 25.0 Å². The van der Waals surface area contributed by atoms with E-state index in [1.807, 2.05) is 0 Å². The number of benzene rings is 1. The van der Waals surface area contributed by atoms with Gasteiger partial charge in [0.2, 0.25) is 5.91 Å². The molecular weight excluding hydrogens is 242 g/mol. The molecule has 1 aliphatic rings. The fourth-order valence-electron chi connectivity index (χ4n) is 2.01. The lowest BCUT2D eigenvalue weighted by molar-refractivity contribution is -0.125. The highest BCUT2D eigenvalue weighted by molar-refractivity contribution is 5.92. The monoisotopic (exact) mass is 256 g/mol. The zero-order valence-electron chi connectivity index (χ0n) is 9.91. The lowest BCUT2D eigenvalue weighted by Gasteiger charge is -2.43. The van der Waals surface area contributed by atoms with Gasteiger partial charge in [0.05, 0.1) is 12.1 Å². The number of anilines is 1. The summed E-state index contributed by atoms with van der Waals surface area (Å²) in [6.07, 6.45) is 0. The maximum absolute atomic E-state index is 12.9. The van der Waals surface area contributed by atoms with Crippen LogP contribution in [0.3, 0.4) is 0 Å². The number of halogens is 2. The Labute approximate surface area is 103 Å². The first-order valence-corrected chi connectivity index (χ1v) is 5.55. The van der Waals surface area contributed by atoms with Gasteiger partial charge in [-0.1, -0.05) is 0 Å². The van der Waals surface area contributed by atoms with Crippen LogP contribution in [0.5, 0.6) is 0 Å². The quantitative estimate of drug-likeness (QED) is 0.847. The van der Waals surface area contributed by atoms with Crippen LogP contribution in [0.2, 0.25) is 0 Å². The zero-order valence-corrected chi connectivity index (χ0v) is 9.91. The SMILES string of the molecule is CC1(O)CN(CC(=O)Nc2ccc(F)c(F)c2)C1. The molecule has 0 bridgehead atoms. The van der Waals surface area contributed by atoms with Gasteiger partial charge in [-0.15, -0.1) is 0 Å². The number of nitrogens with one attached hydrogen (secondary N) is 1. The van der Waals surface area contributed by atoms with Crippen LogP contribution in [0.1, 0.15) is 6.92 Å². The average Bonchev–Trinajstić information content (AvgIpc) is 2.21. The van der Waals surface area contributed by atoms with E-state index < -0.39 is 17.2 Å². The molecule has 1 fully saturated rings. The number of likely N-dealkylation sites (tertiary alicyclic amines) is 1. The van der Waals surface area contributed by atoms with Crippen LogP contribution in [-0.4, -0.2) is 41.1 Å². The summed E-state index contributed by atoms with van der Waals surface area (Å²) in [7, 11) is 0. The third kappa shape index (κ3) is 3.02. The summed E-state index contributed by atoms with van der Waals surface area (Å²) in [6.45, 7) is 2.67. The van der Waals surface area contributed by atoms with Crippen LogP contribution in [0.15, 0.2) is 18.2 Å². The van der Waals surface area contributed by atoms with Crippen LogP contribution < -0.4 is 5.32 Å². The maximum atomic E-state index is 12.9. The molecule has 1 aromatic rings. The standard InChI is InChI=1S/C12H14F2N2O2/c1-12(18)6-16(7-12)5-11(17)15-8-2-3-9(13)10(14)4-8/h2-4,18H,5-7H2,1H3,(H,15,17). The average molecular weight is 256 g/mol. The van der Waals surface area contributed by atoms with Crippen molar-refractivity contribution < 1.29 is 18.7 Å². The molecule has 0 atom stereocenters. The Morgan fingerprint density at radius 3 is 2.67 bits per heavy atom. The highest BCUT2D eigenvalue weighted by Gasteiger charge is 2.37. The summed E-state index contributed by atoms with van der Waals surface area (Å²) in [5.74, 6) is -2.28. The molecule has 4 nitrogen and oxygen atoms in total. The minimum atomic E-state index is -1.00. The van der Waals surface area contributed by atoms with Crippen LogP contribution in [0.25, 0.3) is 0 Å². The van der Waals surface area contributed by atoms with E-state index in [4.69, 9.17) is 0 Å². The van der Waals surface area contributed by atoms with Crippen molar-refractivity contribution in [3.8, 4) is 0 Å². The Hall–Kier alpha value is -1.53. The molecule has 0 aromatic heterocycles. The number of hydrogen-bond donors (Lipinski definition) is 2. The minimum Gasteiger partial charge on any atom is -0.388 e. The van der Waals surface area contributed by atoms with Crippen molar-refractivity contribution in [2.45, 2.75) is 12.5 Å². The number of aliphatic hydroxyl groups is 1. The van der Waals surface area contributed by atoms with Crippen molar-refractivity contribution >= 4 is 11.6 Å². The number of β-amino-alcohol motifs (C(OH)–C–C–N with tert-alkyl or cyclic N) is 1. The summed E-state index contributed by atoms with van der Waals surface area (Å²) in [6, 6.07) is 3.18. The van der Waals surface area contributed by atoms with Gasteiger partial charge in [0.25, 0.3) is 0 Å². The maximum Gasteiger partial charge on any atom is 0.238 e. The van der Waals surface area contributed by atoms with Crippen molar-refractivity contribution in [2.24, 2.45) is 0 Å². The van der Waals surface area contributed by atoms with Gasteiger partial charge in [0, 0.05) is 24.8 Å². The number of rotatable bonds is 3. The van der Waals surface area contributed by atoms with Crippen molar-refractivity contribution in [1.29, 1.82) is 0 Å². The van der Waals surface area contributed by atoms with E-state index in [1.54, 1.807) is 11.8 Å². The third-order valence-electron chi connectivity index (χ3n) is 2.70. The van der Waals surface area contributed by atoms with E-state index in [0.29, 0.717) is 13.1 Å². The van der Waals surface area contributed by atoms with Gasteiger partial charge in [-0.3, -0.25) is 9.69 Å². The van der Waals surface area contributed by atoms with Crippen LogP contribution >= 0.6 is 0 Å². The predicted octanol–water partition coefficient (Wildman–Crippen LogP) is 0.970. The van der Waals surface area contributed by atoms with E-state index >= 15 is 0 Å². The summed E-state index contributed by atoms with van der Waals surface area (Å²) >= 11 is 0. The molecular formula is C12H14F2N2O2. The molecule has 1 saturated heterocycles. The lowest BCUT2D eigenvalue weighted by atomic mass is 9.97. The molecule has 2 N–H and O–H groups in total. The van der Waals surface area contributed by atoms with Crippen molar-refractivity contribution in [3.63, 3.8) is 0 Å². The summed E-state index contributed by atoms with van der Waals surface area (Å²) in [5, 5.41) is 12.0. The molecule has 0 spiro atoms. The Morgan fingerprint density at radius 1 is 1.44 bits per heavy atom. The van der Waals surface area contributed by atoms with Gasteiger partial charge in [0.1, 0.15) is 0 Å². The second-order valence-corrected chi connectivity index (χ2v) is 4.82. The number of hydrogen-bond acceptors (Lipinski definition) is 3. The molecule has 6 heteroatoms. The van der Waals surface area contributed by atoms with Crippen LogP contribution in [0, 0.1) is 11.6 Å². The smallest absolute Gasteiger partial charge is 0.238 e. The first-order chi connectivity index (χ1) is 8.35. The van der Waals surface area contributed by atoms with Gasteiger partial charge in [-0.05, 0) is 19.1 Å². The van der Waals surface area contributed by atoms with Crippen LogP contribution in [0.4, 0.5) is 14.5 Å². The predicted molar refractivity (Wildman–Crippen MR) is 62.1 cm³/mol. The molecule has 18 heavy (non-hydrogen) atoms. The third-order valence-corrected chi connectivity index (χ3v) is 2.70. The second kappa shape index (κ2) is 4.62. The number of carbonyl (C=O) groups is 1. The second-order valence-electron chi connectivity index (χ2n) is 4.82. The van der Waals surface area contributed by atoms with Gasteiger partial charge >= 0.3 is 0 Å². The number of amides is 1. The Balaban J connectivity index is 1.86. The largest absolute Gasteiger partial charge is 0.388 e. The van der Waals surface area contributed by atoms with Gasteiger partial charge < -0.3 is 10.4 Å². The zero-order chi connectivity index (χ0) is 13.3. The lowest BCUT2D eigenvalue weighted by Crippen LogP contribution is -2.61. The first kappa shape index (κ1) is 12.9. The topological polar surface area (TPSA) is 52.6 Å². The van der Waals surface area contributed by atoms with E-state index in [1.165, 1.54) is 6.07 Å². The summed E-state index contributed by atoms with van der Waals surface area (Å²) < 4.78 is 25.6. The Morgan fingerprint density at radius 2 is 2.11 bits per heavy atom. The van der Waals surface area contributed by atoms with Crippen molar-refractivity contribution in [3.05, 3.63) is 29.8 Å². The van der Waals surface area contributed by atoms with Crippen molar-refractivity contribution in [1.82, 2.24) is 4.90 Å². The highest BCUT2D eigenvalue weighted by atomic mass is 19.2. The van der Waals surface area contributed by atoms with Crippen LogP contribution in [-0.2, 0) is 4.79 Å². The number of nitrogens with zero attached hydrogens (tertiary/aromatic N) is 1. The highest BCUT2D eigenvalue weighted by Crippen LogP contribution is 2.19. The molecule has 1 amide bonds. The number of carbonyl (C=O) groups excluding carboxylic acids is 1. The molecule has 0 radical (unpaired) electrons.